The number of Topliss-reactive ketones (excluding diaryl/α,β-unsaturated/α-hetero) is 1. The van der Waals surface area contributed by atoms with Crippen LogP contribution < -0.4 is 9.47 Å². The number of aliphatic hydroxyl groups is 1. The van der Waals surface area contributed by atoms with Crippen LogP contribution in [0.3, 0.4) is 0 Å². The Morgan fingerprint density at radius 2 is 1.71 bits per heavy atom. The van der Waals surface area contributed by atoms with Crippen molar-refractivity contribution in [3.8, 4) is 11.5 Å². The number of likely N-dealkylation sites (tertiary alicyclic amines) is 1. The molecule has 1 atom stereocenters. The van der Waals surface area contributed by atoms with Gasteiger partial charge in [-0.05, 0) is 29.3 Å². The van der Waals surface area contributed by atoms with Gasteiger partial charge in [0.05, 0.1) is 16.5 Å². The van der Waals surface area contributed by atoms with E-state index < -0.39 is 28.4 Å². The quantitative estimate of drug-likeness (QED) is 0.196. The highest BCUT2D eigenvalue weighted by Gasteiger charge is 2.46. The zero-order chi connectivity index (χ0) is 24.5. The summed E-state index contributed by atoms with van der Waals surface area (Å²) in [5.74, 6) is -1.15. The van der Waals surface area contributed by atoms with Gasteiger partial charge in [-0.3, -0.25) is 19.7 Å². The van der Waals surface area contributed by atoms with Crippen LogP contribution in [0, 0.1) is 10.1 Å². The molecule has 0 bridgehead atoms. The number of fused-ring (bicyclic) bond motifs is 1. The van der Waals surface area contributed by atoms with Crippen LogP contribution in [-0.2, 0) is 16.1 Å². The van der Waals surface area contributed by atoms with Gasteiger partial charge >= 0.3 is 0 Å². The second-order valence-corrected chi connectivity index (χ2v) is 8.12. The molecular weight excluding hydrogens is 452 g/mol. The fourth-order valence-electron chi connectivity index (χ4n) is 4.32. The minimum atomic E-state index is -1.02. The summed E-state index contributed by atoms with van der Waals surface area (Å²) in [6, 6.07) is 18.5. The summed E-state index contributed by atoms with van der Waals surface area (Å²) < 4.78 is 11.1. The highest BCUT2D eigenvalue weighted by molar-refractivity contribution is 6.46. The number of aliphatic hydroxyl groups excluding tert-OH is 1. The lowest BCUT2D eigenvalue weighted by Crippen LogP contribution is -2.29. The molecule has 5 rings (SSSR count). The molecule has 2 aliphatic heterocycles. The molecule has 0 radical (unpaired) electrons. The fourth-order valence-corrected chi connectivity index (χ4v) is 4.32. The van der Waals surface area contributed by atoms with Crippen LogP contribution in [0.15, 0.2) is 78.4 Å². The number of ether oxygens (including phenoxy) is 2. The molecule has 0 aromatic heterocycles. The van der Waals surface area contributed by atoms with Gasteiger partial charge in [0.1, 0.15) is 19.0 Å². The number of carbonyl (C=O) groups excluding carboxylic acids is 2. The van der Waals surface area contributed by atoms with Gasteiger partial charge in [-0.25, -0.2) is 0 Å². The van der Waals surface area contributed by atoms with E-state index in [0.717, 1.165) is 5.56 Å². The van der Waals surface area contributed by atoms with Gasteiger partial charge in [0.2, 0.25) is 0 Å². The molecule has 2 aliphatic rings. The lowest BCUT2D eigenvalue weighted by Gasteiger charge is -2.25. The van der Waals surface area contributed by atoms with Gasteiger partial charge in [-0.1, -0.05) is 42.5 Å². The Hall–Kier alpha value is -4.66. The fraction of sp³-hybridized carbons (Fsp3) is 0.154. The number of amides is 1. The standard InChI is InChI=1S/C26H20N2O7/c29-24(18-9-10-20-21(14-18)35-12-11-34-20)22-23(17-7-4-8-19(13-17)28(32)33)27(26(31)25(22)30)15-16-5-2-1-3-6-16/h1-10,13-14,23,29H,11-12,15H2/b24-22+. The Morgan fingerprint density at radius 3 is 2.46 bits per heavy atom. The first-order chi connectivity index (χ1) is 16.9. The normalized spacial score (nSPS) is 18.5. The van der Waals surface area contributed by atoms with E-state index in [1.54, 1.807) is 24.3 Å². The molecule has 9 nitrogen and oxygen atoms in total. The molecule has 0 aliphatic carbocycles. The van der Waals surface area contributed by atoms with Crippen LogP contribution in [0.4, 0.5) is 5.69 Å². The van der Waals surface area contributed by atoms with Crippen LogP contribution in [0.25, 0.3) is 5.76 Å². The molecule has 1 saturated heterocycles. The van der Waals surface area contributed by atoms with Crippen LogP contribution in [0.2, 0.25) is 0 Å². The number of non-ortho nitro benzene ring substituents is 1. The number of nitrogens with zero attached hydrogens (tertiary/aromatic N) is 2. The zero-order valence-corrected chi connectivity index (χ0v) is 18.4. The van der Waals surface area contributed by atoms with Gasteiger partial charge in [-0.15, -0.1) is 0 Å². The number of ketones is 1. The molecule has 1 N–H and O–H groups in total. The van der Waals surface area contributed by atoms with E-state index in [-0.39, 0.29) is 23.4 Å². The summed E-state index contributed by atoms with van der Waals surface area (Å²) in [7, 11) is 0. The molecule has 0 saturated carbocycles. The van der Waals surface area contributed by atoms with Crippen molar-refractivity contribution in [2.45, 2.75) is 12.6 Å². The van der Waals surface area contributed by atoms with Crippen molar-refractivity contribution in [1.29, 1.82) is 0 Å². The second kappa shape index (κ2) is 8.94. The number of rotatable bonds is 5. The largest absolute Gasteiger partial charge is 0.507 e. The number of nitro benzene ring substituents is 1. The summed E-state index contributed by atoms with van der Waals surface area (Å²) in [4.78, 5) is 38.5. The van der Waals surface area contributed by atoms with Crippen molar-refractivity contribution in [2.24, 2.45) is 0 Å². The lowest BCUT2D eigenvalue weighted by atomic mass is 9.94. The van der Waals surface area contributed by atoms with E-state index >= 15 is 0 Å². The van der Waals surface area contributed by atoms with Crippen molar-refractivity contribution in [3.05, 3.63) is 105 Å². The Labute approximate surface area is 200 Å². The minimum absolute atomic E-state index is 0.0801. The van der Waals surface area contributed by atoms with Crippen LogP contribution in [-0.4, -0.2) is 39.8 Å². The number of carbonyl (C=O) groups is 2. The van der Waals surface area contributed by atoms with E-state index in [0.29, 0.717) is 30.3 Å². The Balaban J connectivity index is 1.65. The number of hydrogen-bond donors (Lipinski definition) is 1. The third kappa shape index (κ3) is 4.08. The van der Waals surface area contributed by atoms with Gasteiger partial charge in [0, 0.05) is 24.2 Å². The predicted molar refractivity (Wildman–Crippen MR) is 125 cm³/mol. The maximum absolute atomic E-state index is 13.2. The molecule has 0 spiro atoms. The molecular formula is C26H20N2O7. The average Bonchev–Trinajstić information content (AvgIpc) is 3.13. The van der Waals surface area contributed by atoms with Crippen molar-refractivity contribution in [1.82, 2.24) is 4.90 Å². The number of nitro groups is 1. The number of benzene rings is 3. The first-order valence-corrected chi connectivity index (χ1v) is 10.9. The molecule has 1 amide bonds. The van der Waals surface area contributed by atoms with Crippen molar-refractivity contribution in [2.75, 3.05) is 13.2 Å². The summed E-state index contributed by atoms with van der Waals surface area (Å²) in [6.07, 6.45) is 0. The SMILES string of the molecule is O=C1C(=O)N(Cc2ccccc2)C(c2cccc([N+](=O)[O-])c2)/C1=C(\O)c1ccc2c(c1)OCCO2. The second-order valence-electron chi connectivity index (χ2n) is 8.12. The van der Waals surface area contributed by atoms with Crippen molar-refractivity contribution in [3.63, 3.8) is 0 Å². The molecule has 1 unspecified atom stereocenters. The smallest absolute Gasteiger partial charge is 0.295 e. The van der Waals surface area contributed by atoms with Crippen molar-refractivity contribution < 1.29 is 29.1 Å². The minimum Gasteiger partial charge on any atom is -0.507 e. The van der Waals surface area contributed by atoms with E-state index in [4.69, 9.17) is 9.47 Å². The highest BCUT2D eigenvalue weighted by atomic mass is 16.6. The molecule has 176 valence electrons. The molecule has 3 aromatic rings. The summed E-state index contributed by atoms with van der Waals surface area (Å²) in [6.45, 7) is 0.818. The zero-order valence-electron chi connectivity index (χ0n) is 18.4. The van der Waals surface area contributed by atoms with Crippen molar-refractivity contribution >= 4 is 23.1 Å². The van der Waals surface area contributed by atoms with E-state index in [1.165, 1.54) is 23.1 Å². The summed E-state index contributed by atoms with van der Waals surface area (Å²) >= 11 is 0. The maximum atomic E-state index is 13.2. The third-order valence-corrected chi connectivity index (χ3v) is 5.95. The predicted octanol–water partition coefficient (Wildman–Crippen LogP) is 3.99. The summed E-state index contributed by atoms with van der Waals surface area (Å²) in [5, 5.41) is 22.7. The first kappa shape index (κ1) is 22.1. The third-order valence-electron chi connectivity index (χ3n) is 5.95. The Bertz CT molecular complexity index is 1370. The maximum Gasteiger partial charge on any atom is 0.295 e. The van der Waals surface area contributed by atoms with Gasteiger partial charge in [-0.2, -0.15) is 0 Å². The Kier molecular flexibility index (Phi) is 5.66. The van der Waals surface area contributed by atoms with Gasteiger partial charge in [0.25, 0.3) is 17.4 Å². The monoisotopic (exact) mass is 472 g/mol. The molecule has 1 fully saturated rings. The Morgan fingerprint density at radius 1 is 0.971 bits per heavy atom. The van der Waals surface area contributed by atoms with Gasteiger partial charge < -0.3 is 19.5 Å². The lowest BCUT2D eigenvalue weighted by molar-refractivity contribution is -0.384. The number of hydrogen-bond acceptors (Lipinski definition) is 7. The van der Waals surface area contributed by atoms with Crippen LogP contribution in [0.1, 0.15) is 22.7 Å². The van der Waals surface area contributed by atoms with E-state index in [1.807, 2.05) is 30.3 Å². The highest BCUT2D eigenvalue weighted by Crippen LogP contribution is 2.42. The topological polar surface area (TPSA) is 119 Å². The van der Waals surface area contributed by atoms with E-state index in [2.05, 4.69) is 0 Å². The first-order valence-electron chi connectivity index (χ1n) is 10.9. The molecule has 35 heavy (non-hydrogen) atoms. The molecule has 3 aromatic carbocycles. The molecule has 9 heteroatoms. The van der Waals surface area contributed by atoms with Crippen LogP contribution >= 0.6 is 0 Å². The van der Waals surface area contributed by atoms with E-state index in [9.17, 15) is 24.8 Å². The molecule has 2 heterocycles. The average molecular weight is 472 g/mol. The van der Waals surface area contributed by atoms with Crippen LogP contribution in [0.5, 0.6) is 11.5 Å². The summed E-state index contributed by atoms with van der Waals surface area (Å²) in [5.41, 5.74) is 1.04. The van der Waals surface area contributed by atoms with Gasteiger partial charge in [0.15, 0.2) is 11.5 Å².